The highest BCUT2D eigenvalue weighted by Crippen LogP contribution is 2.64. The van der Waals surface area contributed by atoms with Gasteiger partial charge in [0.1, 0.15) is 9.16 Å². The Balaban J connectivity index is 1.96. The molecule has 174 valence electrons. The number of thioether (sulfide) groups is 3. The Morgan fingerprint density at radius 2 is 0.824 bits per heavy atom. The van der Waals surface area contributed by atoms with Gasteiger partial charge >= 0.3 is 0 Å². The van der Waals surface area contributed by atoms with Crippen molar-refractivity contribution in [3.8, 4) is 17.2 Å². The fourth-order valence-corrected chi connectivity index (χ4v) is 8.28. The van der Waals surface area contributed by atoms with Crippen LogP contribution in [0.1, 0.15) is 5.56 Å². The van der Waals surface area contributed by atoms with Gasteiger partial charge in [-0.1, -0.05) is 89.9 Å². The van der Waals surface area contributed by atoms with Gasteiger partial charge in [0.25, 0.3) is 0 Å². The quantitative estimate of drug-likeness (QED) is 0.159. The highest BCUT2D eigenvalue weighted by Gasteiger charge is 2.40. The highest BCUT2D eigenvalue weighted by molar-refractivity contribution is 8.32. The normalized spacial score (nSPS) is 11.1. The Labute approximate surface area is 214 Å². The minimum Gasteiger partial charge on any atom is -0.496 e. The number of rotatable bonds is 10. The van der Waals surface area contributed by atoms with Crippen molar-refractivity contribution in [2.24, 2.45) is 0 Å². The van der Waals surface area contributed by atoms with Gasteiger partial charge in [0, 0.05) is 26.3 Å². The van der Waals surface area contributed by atoms with Crippen LogP contribution in [0.5, 0.6) is 17.2 Å². The Hall–Kier alpha value is -2.67. The minimum absolute atomic E-state index is 0.533. The molecule has 0 saturated carbocycles. The van der Waals surface area contributed by atoms with E-state index in [4.69, 9.17) is 14.2 Å². The molecule has 0 atom stereocenters. The molecule has 34 heavy (non-hydrogen) atoms. The summed E-state index contributed by atoms with van der Waals surface area (Å²) in [5.74, 6) is 2.04. The second-order valence-corrected chi connectivity index (χ2v) is 11.8. The van der Waals surface area contributed by atoms with Crippen LogP contribution < -0.4 is 14.2 Å². The molecule has 3 nitrogen and oxygen atoms in total. The summed E-state index contributed by atoms with van der Waals surface area (Å²) in [6, 6.07) is 35.3. The molecule has 0 aromatic heterocycles. The molecule has 6 heteroatoms. The Morgan fingerprint density at radius 3 is 1.18 bits per heavy atom. The fraction of sp³-hybridized carbons (Fsp3) is 0.143. The predicted octanol–water partition coefficient (Wildman–Crippen LogP) is 8.20. The van der Waals surface area contributed by atoms with E-state index in [0.29, 0.717) is 11.5 Å². The second kappa shape index (κ2) is 11.6. The molecular weight excluding hydrogens is 481 g/mol. The first-order valence-corrected chi connectivity index (χ1v) is 13.1. The number of benzene rings is 4. The molecule has 0 radical (unpaired) electrons. The van der Waals surface area contributed by atoms with E-state index in [1.165, 1.54) is 0 Å². The van der Waals surface area contributed by atoms with Crippen LogP contribution in [0, 0.1) is 0 Å². The maximum Gasteiger partial charge on any atom is 0.164 e. The van der Waals surface area contributed by atoms with Gasteiger partial charge in [-0.25, -0.2) is 0 Å². The summed E-state index contributed by atoms with van der Waals surface area (Å²) in [6.45, 7) is 0. The summed E-state index contributed by atoms with van der Waals surface area (Å²) >= 11 is 5.37. The van der Waals surface area contributed by atoms with Crippen LogP contribution >= 0.6 is 35.3 Å². The fourth-order valence-electron chi connectivity index (χ4n) is 3.43. The van der Waals surface area contributed by atoms with E-state index in [0.717, 1.165) is 26.0 Å². The third-order valence-corrected chi connectivity index (χ3v) is 9.51. The summed E-state index contributed by atoms with van der Waals surface area (Å²) in [7, 11) is 5.00. The van der Waals surface area contributed by atoms with E-state index < -0.39 is 3.41 Å². The van der Waals surface area contributed by atoms with Crippen LogP contribution in [0.4, 0.5) is 0 Å². The lowest BCUT2D eigenvalue weighted by atomic mass is 10.2. The molecule has 0 unspecified atom stereocenters. The molecule has 0 spiro atoms. The third-order valence-electron chi connectivity index (χ3n) is 5.02. The zero-order valence-electron chi connectivity index (χ0n) is 19.3. The summed E-state index contributed by atoms with van der Waals surface area (Å²) in [5, 5.41) is 0. The van der Waals surface area contributed by atoms with Gasteiger partial charge in [-0.15, -0.1) is 0 Å². The van der Waals surface area contributed by atoms with Crippen molar-refractivity contribution in [1.82, 2.24) is 0 Å². The van der Waals surface area contributed by atoms with E-state index in [-0.39, 0.29) is 0 Å². The lowest BCUT2D eigenvalue weighted by Gasteiger charge is -2.34. The SMILES string of the molecule is COc1cc(OC)c(C(Sc2ccccc2)(Sc2ccccc2)Sc2ccccc2)cc1OC. The average molecular weight is 507 g/mol. The third kappa shape index (κ3) is 5.69. The molecule has 4 rings (SSSR count). The van der Waals surface area contributed by atoms with Gasteiger partial charge in [0.15, 0.2) is 11.5 Å². The monoisotopic (exact) mass is 506 g/mol. The maximum atomic E-state index is 5.93. The number of methoxy groups -OCH3 is 3. The minimum atomic E-state index is -0.533. The van der Waals surface area contributed by atoms with Crippen molar-refractivity contribution in [3.63, 3.8) is 0 Å². The molecule has 0 bridgehead atoms. The van der Waals surface area contributed by atoms with Gasteiger partial charge in [-0.3, -0.25) is 0 Å². The highest BCUT2D eigenvalue weighted by atomic mass is 32.3. The molecule has 0 aliphatic heterocycles. The molecule has 0 saturated heterocycles. The maximum absolute atomic E-state index is 5.93. The van der Waals surface area contributed by atoms with Crippen LogP contribution in [-0.4, -0.2) is 21.3 Å². The summed E-state index contributed by atoms with van der Waals surface area (Å²) in [4.78, 5) is 3.48. The lowest BCUT2D eigenvalue weighted by Crippen LogP contribution is -2.15. The molecule has 0 N–H and O–H groups in total. The topological polar surface area (TPSA) is 27.7 Å². The van der Waals surface area contributed by atoms with E-state index >= 15 is 0 Å². The van der Waals surface area contributed by atoms with E-state index in [1.807, 2.05) is 30.3 Å². The summed E-state index contributed by atoms with van der Waals surface area (Å²) in [5.41, 5.74) is 1.00. The van der Waals surface area contributed by atoms with E-state index in [1.54, 1.807) is 56.6 Å². The standard InChI is InChI=1S/C28H26O3S3/c1-29-25-20-27(31-3)26(30-2)19-24(25)28(32-21-13-7-4-8-14-21,33-22-15-9-5-10-16-22)34-23-17-11-6-12-18-23/h4-20H,1-3H3. The van der Waals surface area contributed by atoms with Crippen LogP contribution in [0.3, 0.4) is 0 Å². The van der Waals surface area contributed by atoms with Crippen molar-refractivity contribution in [3.05, 3.63) is 109 Å². The Bertz CT molecular complexity index is 1080. The van der Waals surface area contributed by atoms with E-state index in [9.17, 15) is 0 Å². The van der Waals surface area contributed by atoms with Crippen molar-refractivity contribution in [2.45, 2.75) is 18.1 Å². The Morgan fingerprint density at radius 1 is 0.471 bits per heavy atom. The average Bonchev–Trinajstić information content (AvgIpc) is 2.89. The number of hydrogen-bond acceptors (Lipinski definition) is 6. The van der Waals surface area contributed by atoms with Gasteiger partial charge < -0.3 is 14.2 Å². The zero-order valence-corrected chi connectivity index (χ0v) is 21.7. The molecule has 0 amide bonds. The molecule has 4 aromatic carbocycles. The number of hydrogen-bond donors (Lipinski definition) is 0. The van der Waals surface area contributed by atoms with Crippen LogP contribution in [0.15, 0.2) is 118 Å². The molecule has 4 aromatic rings. The molecule has 0 heterocycles. The lowest BCUT2D eigenvalue weighted by molar-refractivity contribution is 0.348. The van der Waals surface area contributed by atoms with Crippen LogP contribution in [0.2, 0.25) is 0 Å². The first-order chi connectivity index (χ1) is 16.7. The number of ether oxygens (including phenoxy) is 3. The predicted molar refractivity (Wildman–Crippen MR) is 145 cm³/mol. The summed E-state index contributed by atoms with van der Waals surface area (Å²) in [6.07, 6.45) is 0. The molecule has 0 fully saturated rings. The molecule has 0 aliphatic carbocycles. The van der Waals surface area contributed by atoms with Gasteiger partial charge in [0.05, 0.1) is 21.3 Å². The van der Waals surface area contributed by atoms with Crippen LogP contribution in [-0.2, 0) is 3.41 Å². The second-order valence-electron chi connectivity index (χ2n) is 7.21. The van der Waals surface area contributed by atoms with Gasteiger partial charge in [-0.2, -0.15) is 0 Å². The first-order valence-electron chi connectivity index (χ1n) is 10.7. The molecular formula is C28H26O3S3. The summed E-state index contributed by atoms with van der Waals surface area (Å²) < 4.78 is 16.7. The largest absolute Gasteiger partial charge is 0.496 e. The first kappa shape index (κ1) is 24.5. The van der Waals surface area contributed by atoms with Crippen LogP contribution in [0.25, 0.3) is 0 Å². The van der Waals surface area contributed by atoms with Gasteiger partial charge in [-0.05, 0) is 42.5 Å². The Kier molecular flexibility index (Phi) is 8.38. The van der Waals surface area contributed by atoms with Crippen molar-refractivity contribution >= 4 is 35.3 Å². The zero-order chi connectivity index (χ0) is 23.8. The van der Waals surface area contributed by atoms with E-state index in [2.05, 4.69) is 72.8 Å². The van der Waals surface area contributed by atoms with Crippen molar-refractivity contribution in [2.75, 3.05) is 21.3 Å². The van der Waals surface area contributed by atoms with Crippen molar-refractivity contribution in [1.29, 1.82) is 0 Å². The van der Waals surface area contributed by atoms with Crippen molar-refractivity contribution < 1.29 is 14.2 Å². The molecule has 0 aliphatic rings. The smallest absolute Gasteiger partial charge is 0.164 e. The van der Waals surface area contributed by atoms with Gasteiger partial charge in [0.2, 0.25) is 0 Å².